The van der Waals surface area contributed by atoms with E-state index in [2.05, 4.69) is 37.7 Å². The smallest absolute Gasteiger partial charge is 0.220 e. The lowest BCUT2D eigenvalue weighted by Gasteiger charge is -2.07. The van der Waals surface area contributed by atoms with Crippen LogP contribution >= 0.6 is 0 Å². The van der Waals surface area contributed by atoms with Gasteiger partial charge in [0.2, 0.25) is 17.7 Å². The quantitative estimate of drug-likeness (QED) is 0.363. The highest BCUT2D eigenvalue weighted by molar-refractivity contribution is 5.83. The van der Waals surface area contributed by atoms with Gasteiger partial charge in [-0.05, 0) is 41.8 Å². The topological polar surface area (TPSA) is 102 Å². The maximum absolute atomic E-state index is 12.3. The van der Waals surface area contributed by atoms with Crippen LogP contribution in [0.3, 0.4) is 0 Å². The van der Waals surface area contributed by atoms with Gasteiger partial charge >= 0.3 is 0 Å². The van der Waals surface area contributed by atoms with Crippen molar-refractivity contribution in [2.75, 3.05) is 0 Å². The summed E-state index contributed by atoms with van der Waals surface area (Å²) >= 11 is 0. The highest BCUT2D eigenvalue weighted by Gasteiger charge is 2.11. The third-order valence-electron chi connectivity index (χ3n) is 5.53. The van der Waals surface area contributed by atoms with Crippen LogP contribution in [0.15, 0.2) is 77.6 Å². The summed E-state index contributed by atoms with van der Waals surface area (Å²) in [7, 11) is 0. The number of hydrogen-bond acceptors (Lipinski definition) is 5. The van der Waals surface area contributed by atoms with Crippen LogP contribution < -0.4 is 5.32 Å². The number of fused-ring (bicyclic) bond motifs is 1. The molecule has 3 aromatic heterocycles. The van der Waals surface area contributed by atoms with Crippen molar-refractivity contribution in [3.05, 3.63) is 96.1 Å². The molecule has 2 N–H and O–H groups in total. The summed E-state index contributed by atoms with van der Waals surface area (Å²) in [5, 5.41) is 16.6. The number of aromatic amines is 1. The fourth-order valence-corrected chi connectivity index (χ4v) is 3.81. The zero-order valence-corrected chi connectivity index (χ0v) is 18.1. The number of hydrogen-bond donors (Lipinski definition) is 2. The summed E-state index contributed by atoms with van der Waals surface area (Å²) in [6, 6.07) is 18.0. The Hall–Kier alpha value is -4.20. The van der Waals surface area contributed by atoms with Crippen molar-refractivity contribution >= 4 is 16.8 Å². The van der Waals surface area contributed by atoms with Crippen molar-refractivity contribution in [2.45, 2.75) is 32.2 Å². The van der Waals surface area contributed by atoms with Crippen LogP contribution in [-0.4, -0.2) is 30.9 Å². The van der Waals surface area contributed by atoms with E-state index in [-0.39, 0.29) is 5.91 Å². The molecule has 8 nitrogen and oxygen atoms in total. The van der Waals surface area contributed by atoms with Crippen LogP contribution in [0.25, 0.3) is 16.6 Å². The Morgan fingerprint density at radius 1 is 1.00 bits per heavy atom. The molecule has 0 aliphatic carbocycles. The molecule has 0 saturated carbocycles. The first kappa shape index (κ1) is 20.7. The third-order valence-corrected chi connectivity index (χ3v) is 5.53. The zero-order chi connectivity index (χ0) is 22.5. The van der Waals surface area contributed by atoms with Crippen LogP contribution in [0.4, 0.5) is 0 Å². The first-order valence-corrected chi connectivity index (χ1v) is 11.0. The largest absolute Gasteiger partial charge is 0.425 e. The van der Waals surface area contributed by atoms with E-state index in [0.717, 1.165) is 23.2 Å². The SMILES string of the molecule is O=C(CCc1nnc(CCc2c[nH]c3ccccc23)o1)NCc1cccc(-n2cccn2)c1. The Bertz CT molecular complexity index is 1350. The Balaban J connectivity index is 1.09. The van der Waals surface area contributed by atoms with E-state index in [9.17, 15) is 4.79 Å². The number of nitrogens with zero attached hydrogens (tertiary/aromatic N) is 4. The molecule has 0 aliphatic heterocycles. The summed E-state index contributed by atoms with van der Waals surface area (Å²) in [5.74, 6) is 1.02. The predicted molar refractivity (Wildman–Crippen MR) is 124 cm³/mol. The third kappa shape index (κ3) is 5.01. The maximum Gasteiger partial charge on any atom is 0.220 e. The van der Waals surface area contributed by atoms with Crippen molar-refractivity contribution in [3.8, 4) is 5.69 Å². The Kier molecular flexibility index (Phi) is 5.97. The second-order valence-electron chi connectivity index (χ2n) is 7.85. The summed E-state index contributed by atoms with van der Waals surface area (Å²) in [4.78, 5) is 15.6. The summed E-state index contributed by atoms with van der Waals surface area (Å²) < 4.78 is 7.53. The van der Waals surface area contributed by atoms with Crippen LogP contribution in [-0.2, 0) is 30.6 Å². The minimum atomic E-state index is -0.0574. The van der Waals surface area contributed by atoms with E-state index in [0.29, 0.717) is 37.6 Å². The van der Waals surface area contributed by atoms with Crippen LogP contribution in [0, 0.1) is 0 Å². The molecule has 0 unspecified atom stereocenters. The summed E-state index contributed by atoms with van der Waals surface area (Å²) in [6.45, 7) is 0.452. The van der Waals surface area contributed by atoms with Crippen LogP contribution in [0.5, 0.6) is 0 Å². The van der Waals surface area contributed by atoms with Crippen LogP contribution in [0.2, 0.25) is 0 Å². The molecule has 5 aromatic rings. The fraction of sp³-hybridized carbons (Fsp3) is 0.200. The molecule has 0 radical (unpaired) electrons. The number of H-pyrrole nitrogens is 1. The van der Waals surface area contributed by atoms with E-state index in [1.165, 1.54) is 10.9 Å². The number of amides is 1. The van der Waals surface area contributed by atoms with Crippen molar-refractivity contribution in [1.29, 1.82) is 0 Å². The molecule has 0 atom stereocenters. The minimum Gasteiger partial charge on any atom is -0.425 e. The highest BCUT2D eigenvalue weighted by atomic mass is 16.4. The lowest BCUT2D eigenvalue weighted by atomic mass is 10.1. The van der Waals surface area contributed by atoms with Gasteiger partial charge in [0, 0.05) is 55.3 Å². The van der Waals surface area contributed by atoms with Gasteiger partial charge in [-0.15, -0.1) is 10.2 Å². The van der Waals surface area contributed by atoms with E-state index in [1.807, 2.05) is 54.9 Å². The minimum absolute atomic E-state index is 0.0574. The first-order chi connectivity index (χ1) is 16.2. The van der Waals surface area contributed by atoms with Crippen molar-refractivity contribution in [1.82, 2.24) is 30.3 Å². The number of aryl methyl sites for hydroxylation is 3. The molecule has 3 heterocycles. The van der Waals surface area contributed by atoms with Gasteiger partial charge in [0.05, 0.1) is 5.69 Å². The molecule has 0 saturated heterocycles. The molecule has 0 bridgehead atoms. The predicted octanol–water partition coefficient (Wildman–Crippen LogP) is 3.77. The molecule has 33 heavy (non-hydrogen) atoms. The number of carbonyl (C=O) groups excluding carboxylic acids is 1. The Morgan fingerprint density at radius 3 is 2.76 bits per heavy atom. The van der Waals surface area contributed by atoms with Gasteiger partial charge < -0.3 is 14.7 Å². The number of benzene rings is 2. The van der Waals surface area contributed by atoms with Gasteiger partial charge in [0.25, 0.3) is 0 Å². The van der Waals surface area contributed by atoms with Gasteiger partial charge in [0.15, 0.2) is 0 Å². The number of carbonyl (C=O) groups is 1. The molecular weight excluding hydrogens is 416 g/mol. The average Bonchev–Trinajstić information content (AvgIpc) is 3.61. The first-order valence-electron chi connectivity index (χ1n) is 11.0. The van der Waals surface area contributed by atoms with Crippen molar-refractivity contribution in [2.24, 2.45) is 0 Å². The van der Waals surface area contributed by atoms with Crippen molar-refractivity contribution in [3.63, 3.8) is 0 Å². The molecule has 0 aliphatic rings. The monoisotopic (exact) mass is 440 g/mol. The Labute approximate surface area is 190 Å². The number of rotatable bonds is 9. The molecule has 0 spiro atoms. The average molecular weight is 441 g/mol. The van der Waals surface area contributed by atoms with Crippen LogP contribution in [0.1, 0.15) is 29.3 Å². The summed E-state index contributed by atoms with van der Waals surface area (Å²) in [5.41, 5.74) is 4.31. The van der Waals surface area contributed by atoms with Gasteiger partial charge in [0.1, 0.15) is 0 Å². The molecule has 5 rings (SSSR count). The van der Waals surface area contributed by atoms with E-state index in [1.54, 1.807) is 10.9 Å². The lowest BCUT2D eigenvalue weighted by molar-refractivity contribution is -0.121. The second kappa shape index (κ2) is 9.52. The second-order valence-corrected chi connectivity index (χ2v) is 7.85. The molecule has 8 heteroatoms. The van der Waals surface area contributed by atoms with Crippen molar-refractivity contribution < 1.29 is 9.21 Å². The molecule has 166 valence electrons. The number of aromatic nitrogens is 5. The molecular formula is C25H24N6O2. The molecule has 2 aromatic carbocycles. The highest BCUT2D eigenvalue weighted by Crippen LogP contribution is 2.19. The van der Waals surface area contributed by atoms with Gasteiger partial charge in [-0.3, -0.25) is 4.79 Å². The standard InChI is InChI=1S/C25H24N6O2/c32-23(27-16-18-5-3-6-20(15-18)31-14-4-13-28-31)10-12-25-30-29-24(33-25)11-9-19-17-26-22-8-2-1-7-21(19)22/h1-8,13-15,17,26H,9-12,16H2,(H,27,32). The zero-order valence-electron chi connectivity index (χ0n) is 18.1. The molecule has 0 fully saturated rings. The summed E-state index contributed by atoms with van der Waals surface area (Å²) in [6.07, 6.45) is 7.83. The van der Waals surface area contributed by atoms with Gasteiger partial charge in [-0.25, -0.2) is 4.68 Å². The number of nitrogens with one attached hydrogen (secondary N) is 2. The normalized spacial score (nSPS) is 11.2. The number of para-hydroxylation sites is 1. The Morgan fingerprint density at radius 2 is 1.88 bits per heavy atom. The van der Waals surface area contributed by atoms with Gasteiger partial charge in [-0.1, -0.05) is 30.3 Å². The van der Waals surface area contributed by atoms with E-state index >= 15 is 0 Å². The maximum atomic E-state index is 12.3. The molecule has 1 amide bonds. The van der Waals surface area contributed by atoms with E-state index < -0.39 is 0 Å². The fourth-order valence-electron chi connectivity index (χ4n) is 3.81. The lowest BCUT2D eigenvalue weighted by Crippen LogP contribution is -2.23. The van der Waals surface area contributed by atoms with E-state index in [4.69, 9.17) is 4.42 Å². The van der Waals surface area contributed by atoms with Gasteiger partial charge in [-0.2, -0.15) is 5.10 Å².